The van der Waals surface area contributed by atoms with Crippen molar-refractivity contribution in [3.05, 3.63) is 47.2 Å². The average Bonchev–Trinajstić information content (AvgIpc) is 3.31. The normalized spacial score (nSPS) is 11.3. The van der Waals surface area contributed by atoms with E-state index < -0.39 is 0 Å². The van der Waals surface area contributed by atoms with E-state index in [-0.39, 0.29) is 12.5 Å². The molecule has 0 aliphatic carbocycles. The summed E-state index contributed by atoms with van der Waals surface area (Å²) in [6, 6.07) is 10.2. The van der Waals surface area contributed by atoms with Gasteiger partial charge in [0.25, 0.3) is 5.91 Å². The van der Waals surface area contributed by atoms with Crippen LogP contribution in [0.2, 0.25) is 0 Å². The van der Waals surface area contributed by atoms with Gasteiger partial charge in [-0.3, -0.25) is 10.1 Å². The number of benzene rings is 1. The molecular weight excluding hydrogens is 412 g/mol. The van der Waals surface area contributed by atoms with E-state index in [1.54, 1.807) is 11.7 Å². The third-order valence-electron chi connectivity index (χ3n) is 4.92. The lowest BCUT2D eigenvalue weighted by Crippen LogP contribution is -2.20. The Kier molecular flexibility index (Phi) is 5.69. The third-order valence-corrected chi connectivity index (χ3v) is 5.81. The number of pyridine rings is 1. The molecule has 0 aliphatic heterocycles. The highest BCUT2D eigenvalue weighted by atomic mass is 32.1. The smallest absolute Gasteiger partial charge is 0.264 e. The first-order valence-electron chi connectivity index (χ1n) is 9.99. The van der Waals surface area contributed by atoms with Crippen LogP contribution in [0.25, 0.3) is 21.6 Å². The van der Waals surface area contributed by atoms with Gasteiger partial charge in [-0.05, 0) is 37.0 Å². The maximum atomic E-state index is 12.4. The molecular formula is C22H24N6O2S. The Morgan fingerprint density at radius 2 is 1.94 bits per heavy atom. The second-order valence-electron chi connectivity index (χ2n) is 7.73. The maximum Gasteiger partial charge on any atom is 0.264 e. The number of aromatic nitrogens is 5. The van der Waals surface area contributed by atoms with Gasteiger partial charge in [-0.2, -0.15) is 0 Å². The van der Waals surface area contributed by atoms with Gasteiger partial charge in [0.1, 0.15) is 5.01 Å². The summed E-state index contributed by atoms with van der Waals surface area (Å²) in [4.78, 5) is 16.9. The van der Waals surface area contributed by atoms with Gasteiger partial charge in [0.2, 0.25) is 11.0 Å². The van der Waals surface area contributed by atoms with E-state index in [0.717, 1.165) is 32.9 Å². The van der Waals surface area contributed by atoms with Gasteiger partial charge in [0, 0.05) is 18.3 Å². The van der Waals surface area contributed by atoms with Crippen molar-refractivity contribution in [2.75, 3.05) is 11.9 Å². The zero-order valence-electron chi connectivity index (χ0n) is 18.1. The molecule has 3 heterocycles. The first-order valence-corrected chi connectivity index (χ1v) is 10.8. The fraction of sp³-hybridized carbons (Fsp3) is 0.318. The van der Waals surface area contributed by atoms with Crippen LogP contribution in [-0.4, -0.2) is 37.5 Å². The molecule has 1 amide bonds. The minimum atomic E-state index is -0.325. The molecule has 160 valence electrons. The zero-order chi connectivity index (χ0) is 22.1. The average molecular weight is 437 g/mol. The summed E-state index contributed by atoms with van der Waals surface area (Å²) in [6.45, 7) is 8.03. The maximum absolute atomic E-state index is 12.4. The molecule has 0 atom stereocenters. The molecule has 9 heteroatoms. The molecule has 31 heavy (non-hydrogen) atoms. The molecule has 1 aromatic carbocycles. The van der Waals surface area contributed by atoms with Crippen molar-refractivity contribution in [1.29, 1.82) is 0 Å². The van der Waals surface area contributed by atoms with Gasteiger partial charge in [0.15, 0.2) is 12.3 Å². The third kappa shape index (κ3) is 4.41. The number of hydrogen-bond acceptors (Lipinski definition) is 7. The van der Waals surface area contributed by atoms with Gasteiger partial charge < -0.3 is 4.74 Å². The van der Waals surface area contributed by atoms with Crippen molar-refractivity contribution in [1.82, 2.24) is 25.0 Å². The standard InChI is InChI=1S/C22H24N6O2S/c1-12(2)15-6-8-16(9-7-15)21-25-26-22(31-21)24-17(29)11-30-20-18-13(3)10-14(4)23-19(18)28(5)27-20/h6-10,12H,11H2,1-5H3,(H,24,26,29). The Morgan fingerprint density at radius 3 is 2.65 bits per heavy atom. The monoisotopic (exact) mass is 436 g/mol. The molecule has 0 spiro atoms. The van der Waals surface area contributed by atoms with E-state index in [2.05, 4.69) is 51.6 Å². The van der Waals surface area contributed by atoms with E-state index in [1.165, 1.54) is 16.9 Å². The topological polar surface area (TPSA) is 94.8 Å². The molecule has 1 N–H and O–H groups in total. The number of rotatable bonds is 6. The molecule has 4 aromatic rings. The van der Waals surface area contributed by atoms with Crippen LogP contribution in [0.15, 0.2) is 30.3 Å². The number of aryl methyl sites for hydroxylation is 3. The number of ether oxygens (including phenoxy) is 1. The predicted molar refractivity (Wildman–Crippen MR) is 122 cm³/mol. The summed E-state index contributed by atoms with van der Waals surface area (Å²) < 4.78 is 7.35. The minimum absolute atomic E-state index is 0.183. The number of hydrogen-bond donors (Lipinski definition) is 1. The number of carbonyl (C=O) groups is 1. The second kappa shape index (κ2) is 8.43. The summed E-state index contributed by atoms with van der Waals surface area (Å²) in [7, 11) is 1.80. The fourth-order valence-corrected chi connectivity index (χ4v) is 4.11. The highest BCUT2D eigenvalue weighted by Gasteiger charge is 2.16. The van der Waals surface area contributed by atoms with Crippen LogP contribution >= 0.6 is 11.3 Å². The van der Waals surface area contributed by atoms with Gasteiger partial charge in [-0.1, -0.05) is 49.4 Å². The summed E-state index contributed by atoms with van der Waals surface area (Å²) in [5, 5.41) is 17.3. The summed E-state index contributed by atoms with van der Waals surface area (Å²) >= 11 is 1.32. The van der Waals surface area contributed by atoms with Crippen LogP contribution in [-0.2, 0) is 11.8 Å². The Morgan fingerprint density at radius 1 is 1.19 bits per heavy atom. The Labute approximate surface area is 184 Å². The second-order valence-corrected chi connectivity index (χ2v) is 8.71. The van der Waals surface area contributed by atoms with E-state index in [9.17, 15) is 4.79 Å². The Hall–Kier alpha value is -3.33. The van der Waals surface area contributed by atoms with Gasteiger partial charge >= 0.3 is 0 Å². The predicted octanol–water partition coefficient (Wildman–Crippen LogP) is 4.24. The molecule has 0 aliphatic rings. The minimum Gasteiger partial charge on any atom is -0.466 e. The fourth-order valence-electron chi connectivity index (χ4n) is 3.34. The van der Waals surface area contributed by atoms with Gasteiger partial charge in [-0.15, -0.1) is 15.3 Å². The van der Waals surface area contributed by atoms with E-state index in [1.807, 2.05) is 32.0 Å². The summed E-state index contributed by atoms with van der Waals surface area (Å²) in [5.41, 5.74) is 4.87. The van der Waals surface area contributed by atoms with Gasteiger partial charge in [0.05, 0.1) is 5.39 Å². The van der Waals surface area contributed by atoms with E-state index in [0.29, 0.717) is 16.9 Å². The lowest BCUT2D eigenvalue weighted by Gasteiger charge is -2.05. The number of anilines is 1. The highest BCUT2D eigenvalue weighted by molar-refractivity contribution is 7.18. The first kappa shape index (κ1) is 20.9. The number of nitrogens with zero attached hydrogens (tertiary/aromatic N) is 5. The molecule has 8 nitrogen and oxygen atoms in total. The van der Waals surface area contributed by atoms with Crippen LogP contribution in [0.4, 0.5) is 5.13 Å². The van der Waals surface area contributed by atoms with Crippen molar-refractivity contribution in [3.8, 4) is 16.5 Å². The highest BCUT2D eigenvalue weighted by Crippen LogP contribution is 2.29. The molecule has 4 rings (SSSR count). The molecule has 0 fully saturated rings. The first-order chi connectivity index (χ1) is 14.8. The SMILES string of the molecule is Cc1cc(C)c2c(OCC(=O)Nc3nnc(-c4ccc(C(C)C)cc4)s3)nn(C)c2n1. The molecule has 0 bridgehead atoms. The van der Waals surface area contributed by atoms with E-state index >= 15 is 0 Å². The van der Waals surface area contributed by atoms with Crippen LogP contribution in [0.5, 0.6) is 5.88 Å². The lowest BCUT2D eigenvalue weighted by atomic mass is 10.0. The number of carbonyl (C=O) groups excluding carboxylic acids is 1. The number of amides is 1. The Balaban J connectivity index is 1.42. The molecule has 0 saturated heterocycles. The molecule has 0 saturated carbocycles. The van der Waals surface area contributed by atoms with Gasteiger partial charge in [-0.25, -0.2) is 9.67 Å². The van der Waals surface area contributed by atoms with Crippen LogP contribution in [0.3, 0.4) is 0 Å². The molecule has 3 aromatic heterocycles. The van der Waals surface area contributed by atoms with Crippen molar-refractivity contribution < 1.29 is 9.53 Å². The Bertz CT molecular complexity index is 1240. The summed E-state index contributed by atoms with van der Waals surface area (Å²) in [5.74, 6) is 0.536. The quantitative estimate of drug-likeness (QED) is 0.486. The van der Waals surface area contributed by atoms with Crippen molar-refractivity contribution in [3.63, 3.8) is 0 Å². The van der Waals surface area contributed by atoms with Crippen LogP contribution in [0.1, 0.15) is 36.6 Å². The molecule has 0 unspecified atom stereocenters. The number of nitrogens with one attached hydrogen (secondary N) is 1. The van der Waals surface area contributed by atoms with Crippen molar-refractivity contribution >= 4 is 33.4 Å². The van der Waals surface area contributed by atoms with Crippen LogP contribution in [0, 0.1) is 13.8 Å². The van der Waals surface area contributed by atoms with Crippen LogP contribution < -0.4 is 10.1 Å². The molecule has 0 radical (unpaired) electrons. The lowest BCUT2D eigenvalue weighted by molar-refractivity contribution is -0.118. The van der Waals surface area contributed by atoms with Crippen molar-refractivity contribution in [2.45, 2.75) is 33.6 Å². The summed E-state index contributed by atoms with van der Waals surface area (Å²) in [6.07, 6.45) is 0. The van der Waals surface area contributed by atoms with E-state index in [4.69, 9.17) is 4.74 Å². The number of fused-ring (bicyclic) bond motifs is 1. The zero-order valence-corrected chi connectivity index (χ0v) is 18.9. The largest absolute Gasteiger partial charge is 0.466 e. The van der Waals surface area contributed by atoms with Crippen molar-refractivity contribution in [2.24, 2.45) is 7.05 Å².